The summed E-state index contributed by atoms with van der Waals surface area (Å²) in [6.07, 6.45) is 3.81. The Labute approximate surface area is 184 Å². The van der Waals surface area contributed by atoms with Crippen molar-refractivity contribution in [3.05, 3.63) is 53.1 Å². The second-order valence-corrected chi connectivity index (χ2v) is 9.54. The summed E-state index contributed by atoms with van der Waals surface area (Å²) in [4.78, 5) is 26.4. The molecule has 0 radical (unpaired) electrons. The highest BCUT2D eigenvalue weighted by atomic mass is 16.6. The Kier molecular flexibility index (Phi) is 5.78. The normalized spacial score (nSPS) is 18.7. The lowest BCUT2D eigenvalue weighted by Gasteiger charge is -2.24. The van der Waals surface area contributed by atoms with E-state index in [2.05, 4.69) is 24.3 Å². The summed E-state index contributed by atoms with van der Waals surface area (Å²) in [5, 5.41) is 0. The number of carbonyl (C=O) groups is 2. The average Bonchev–Trinajstić information content (AvgIpc) is 3.47. The molecule has 0 N–H and O–H groups in total. The van der Waals surface area contributed by atoms with Gasteiger partial charge in [-0.05, 0) is 62.6 Å². The highest BCUT2D eigenvalue weighted by Gasteiger charge is 2.33. The fourth-order valence-electron chi connectivity index (χ4n) is 4.52. The first-order valence-corrected chi connectivity index (χ1v) is 11.1. The molecule has 164 valence electrons. The van der Waals surface area contributed by atoms with E-state index in [0.717, 1.165) is 29.4 Å². The number of aldehydes is 1. The predicted molar refractivity (Wildman–Crippen MR) is 121 cm³/mol. The highest BCUT2D eigenvalue weighted by Crippen LogP contribution is 2.47. The third kappa shape index (κ3) is 4.46. The van der Waals surface area contributed by atoms with Crippen molar-refractivity contribution in [2.75, 3.05) is 20.2 Å². The van der Waals surface area contributed by atoms with E-state index in [1.54, 1.807) is 12.0 Å². The van der Waals surface area contributed by atoms with Gasteiger partial charge < -0.3 is 14.4 Å². The van der Waals surface area contributed by atoms with E-state index < -0.39 is 5.60 Å². The maximum Gasteiger partial charge on any atom is 0.410 e. The van der Waals surface area contributed by atoms with Crippen molar-refractivity contribution >= 4 is 12.4 Å². The molecule has 5 nitrogen and oxygen atoms in total. The lowest BCUT2D eigenvalue weighted by Crippen LogP contribution is -2.35. The van der Waals surface area contributed by atoms with Gasteiger partial charge in [-0.3, -0.25) is 4.79 Å². The van der Waals surface area contributed by atoms with Crippen LogP contribution in [-0.4, -0.2) is 43.1 Å². The van der Waals surface area contributed by atoms with Crippen molar-refractivity contribution in [3.8, 4) is 16.9 Å². The second-order valence-electron chi connectivity index (χ2n) is 9.54. The van der Waals surface area contributed by atoms with E-state index in [0.29, 0.717) is 30.3 Å². The van der Waals surface area contributed by atoms with Crippen LogP contribution in [0.5, 0.6) is 5.75 Å². The van der Waals surface area contributed by atoms with Crippen molar-refractivity contribution in [3.63, 3.8) is 0 Å². The highest BCUT2D eigenvalue weighted by molar-refractivity contribution is 5.89. The van der Waals surface area contributed by atoms with Crippen LogP contribution in [0.15, 0.2) is 36.4 Å². The summed E-state index contributed by atoms with van der Waals surface area (Å²) in [5.41, 5.74) is 4.41. The minimum absolute atomic E-state index is 0.0781. The van der Waals surface area contributed by atoms with Gasteiger partial charge in [0.1, 0.15) is 11.4 Å². The number of amides is 1. The number of likely N-dealkylation sites (tertiary alicyclic amines) is 1. The quantitative estimate of drug-likeness (QED) is 0.575. The smallest absolute Gasteiger partial charge is 0.410 e. The molecule has 4 rings (SSSR count). The van der Waals surface area contributed by atoms with Crippen molar-refractivity contribution < 1.29 is 19.1 Å². The van der Waals surface area contributed by atoms with Crippen LogP contribution in [-0.2, 0) is 4.74 Å². The monoisotopic (exact) mass is 421 g/mol. The summed E-state index contributed by atoms with van der Waals surface area (Å²) in [6, 6.07) is 12.5. The molecular weight excluding hydrogens is 390 g/mol. The Bertz CT molecular complexity index is 987. The van der Waals surface area contributed by atoms with Crippen LogP contribution in [0, 0.1) is 0 Å². The van der Waals surface area contributed by atoms with E-state index in [4.69, 9.17) is 9.47 Å². The molecule has 1 saturated carbocycles. The second kappa shape index (κ2) is 8.37. The van der Waals surface area contributed by atoms with Gasteiger partial charge in [-0.15, -0.1) is 0 Å². The third-order valence-electron chi connectivity index (χ3n) is 6.10. The van der Waals surface area contributed by atoms with Gasteiger partial charge in [-0.2, -0.15) is 0 Å². The van der Waals surface area contributed by atoms with Gasteiger partial charge in [0.15, 0.2) is 6.29 Å². The SMILES string of the molecule is COc1c(-c2ccccc2C2CC2)ccc(C2CCN(C(=O)OC(C)(C)C)C2)c1C=O. The maximum absolute atomic E-state index is 12.5. The molecule has 0 spiro atoms. The van der Waals surface area contributed by atoms with Crippen molar-refractivity contribution in [2.24, 2.45) is 0 Å². The molecule has 2 aromatic rings. The van der Waals surface area contributed by atoms with Crippen molar-refractivity contribution in [2.45, 2.75) is 57.5 Å². The topological polar surface area (TPSA) is 55.8 Å². The van der Waals surface area contributed by atoms with Gasteiger partial charge >= 0.3 is 6.09 Å². The zero-order chi connectivity index (χ0) is 22.2. The van der Waals surface area contributed by atoms with Crippen LogP contribution < -0.4 is 4.74 Å². The van der Waals surface area contributed by atoms with E-state index in [-0.39, 0.29) is 12.0 Å². The van der Waals surface area contributed by atoms with E-state index >= 15 is 0 Å². The molecule has 2 aromatic carbocycles. The first-order valence-electron chi connectivity index (χ1n) is 11.1. The number of methoxy groups -OCH3 is 1. The average molecular weight is 422 g/mol. The molecule has 0 bridgehead atoms. The molecule has 1 atom stereocenters. The Balaban J connectivity index is 1.65. The number of carbonyl (C=O) groups excluding carboxylic acids is 2. The Hall–Kier alpha value is -2.82. The third-order valence-corrected chi connectivity index (χ3v) is 6.10. The maximum atomic E-state index is 12.5. The van der Waals surface area contributed by atoms with Crippen LogP contribution in [0.4, 0.5) is 4.79 Å². The standard InChI is InChI=1S/C26H31NO4/c1-26(2,3)31-25(29)27-14-13-18(15-27)20-11-12-22(24(30-4)23(20)16-28)21-8-6-5-7-19(21)17-9-10-17/h5-8,11-12,16-18H,9-10,13-15H2,1-4H3. The van der Waals surface area contributed by atoms with Crippen LogP contribution in [0.2, 0.25) is 0 Å². The largest absolute Gasteiger partial charge is 0.495 e. The molecule has 1 saturated heterocycles. The molecule has 1 heterocycles. The Morgan fingerprint density at radius 1 is 1.00 bits per heavy atom. The summed E-state index contributed by atoms with van der Waals surface area (Å²) in [7, 11) is 1.62. The minimum Gasteiger partial charge on any atom is -0.495 e. The lowest BCUT2D eigenvalue weighted by molar-refractivity contribution is 0.0292. The van der Waals surface area contributed by atoms with Crippen molar-refractivity contribution in [1.29, 1.82) is 0 Å². The minimum atomic E-state index is -0.525. The van der Waals surface area contributed by atoms with Gasteiger partial charge in [-0.25, -0.2) is 4.79 Å². The van der Waals surface area contributed by atoms with E-state index in [1.165, 1.54) is 18.4 Å². The van der Waals surface area contributed by atoms with Gasteiger partial charge in [0.2, 0.25) is 0 Å². The van der Waals surface area contributed by atoms with E-state index in [1.807, 2.05) is 32.9 Å². The molecular formula is C26H31NO4. The summed E-state index contributed by atoms with van der Waals surface area (Å²) in [5.74, 6) is 1.29. The number of hydrogen-bond donors (Lipinski definition) is 0. The molecule has 1 unspecified atom stereocenters. The first-order chi connectivity index (χ1) is 14.8. The van der Waals surface area contributed by atoms with Gasteiger partial charge in [0.25, 0.3) is 0 Å². The van der Waals surface area contributed by atoms with Crippen LogP contribution in [0.25, 0.3) is 11.1 Å². The molecule has 1 aliphatic carbocycles. The molecule has 1 aliphatic heterocycles. The van der Waals surface area contributed by atoms with Crippen molar-refractivity contribution in [1.82, 2.24) is 4.90 Å². The number of benzene rings is 2. The fourth-order valence-corrected chi connectivity index (χ4v) is 4.52. The molecule has 31 heavy (non-hydrogen) atoms. The Morgan fingerprint density at radius 2 is 1.74 bits per heavy atom. The van der Waals surface area contributed by atoms with Crippen LogP contribution in [0.1, 0.15) is 73.4 Å². The number of ether oxygens (including phenoxy) is 2. The molecule has 2 fully saturated rings. The van der Waals surface area contributed by atoms with Gasteiger partial charge in [-0.1, -0.05) is 36.4 Å². The summed E-state index contributed by atoms with van der Waals surface area (Å²) < 4.78 is 11.3. The molecule has 1 amide bonds. The molecule has 5 heteroatoms. The summed E-state index contributed by atoms with van der Waals surface area (Å²) >= 11 is 0. The number of rotatable bonds is 5. The molecule has 0 aromatic heterocycles. The lowest BCUT2D eigenvalue weighted by atomic mass is 9.88. The zero-order valence-electron chi connectivity index (χ0n) is 18.8. The molecule has 2 aliphatic rings. The zero-order valence-corrected chi connectivity index (χ0v) is 18.8. The van der Waals surface area contributed by atoms with Crippen LogP contribution in [0.3, 0.4) is 0 Å². The van der Waals surface area contributed by atoms with Crippen LogP contribution >= 0.6 is 0 Å². The van der Waals surface area contributed by atoms with Gasteiger partial charge in [0.05, 0.1) is 12.7 Å². The van der Waals surface area contributed by atoms with Gasteiger partial charge in [0, 0.05) is 24.6 Å². The number of hydrogen-bond acceptors (Lipinski definition) is 4. The first kappa shape index (κ1) is 21.4. The fraction of sp³-hybridized carbons (Fsp3) is 0.462. The Morgan fingerprint density at radius 3 is 2.39 bits per heavy atom. The summed E-state index contributed by atoms with van der Waals surface area (Å²) in [6.45, 7) is 6.76. The number of nitrogens with zero attached hydrogens (tertiary/aromatic N) is 1. The van der Waals surface area contributed by atoms with E-state index in [9.17, 15) is 9.59 Å². The predicted octanol–water partition coefficient (Wildman–Crippen LogP) is 5.78.